The maximum absolute atomic E-state index is 11.9. The highest BCUT2D eigenvalue weighted by Crippen LogP contribution is 2.41. The molecule has 3 rings (SSSR count). The van der Waals surface area contributed by atoms with Crippen molar-refractivity contribution in [2.24, 2.45) is 0 Å². The van der Waals surface area contributed by atoms with E-state index in [9.17, 15) is 4.79 Å². The first-order valence-corrected chi connectivity index (χ1v) is 8.42. The van der Waals surface area contributed by atoms with Crippen LogP contribution >= 0.6 is 27.7 Å². The van der Waals surface area contributed by atoms with E-state index < -0.39 is 0 Å². The lowest BCUT2D eigenvalue weighted by molar-refractivity contribution is -0.117. The molecule has 0 saturated carbocycles. The summed E-state index contributed by atoms with van der Waals surface area (Å²) in [4.78, 5) is 13.1. The predicted molar refractivity (Wildman–Crippen MR) is 84.3 cm³/mol. The third-order valence-corrected chi connectivity index (χ3v) is 6.00. The van der Waals surface area contributed by atoms with Gasteiger partial charge >= 0.3 is 0 Å². The maximum Gasteiger partial charge on any atom is 0.246 e. The number of hydrogen-bond acceptors (Lipinski definition) is 4. The third-order valence-electron chi connectivity index (χ3n) is 3.69. The fourth-order valence-electron chi connectivity index (χ4n) is 2.61. The molecule has 1 amide bonds. The topological polar surface area (TPSA) is 50.4 Å². The molecule has 1 saturated heterocycles. The number of nitrogens with one attached hydrogen (secondary N) is 2. The molecule has 20 heavy (non-hydrogen) atoms. The van der Waals surface area contributed by atoms with Crippen molar-refractivity contribution < 1.29 is 9.53 Å². The molecular weight excluding hydrogens is 340 g/mol. The van der Waals surface area contributed by atoms with E-state index in [1.807, 2.05) is 11.8 Å². The smallest absolute Gasteiger partial charge is 0.246 e. The number of amides is 1. The number of carbonyl (C=O) groups excluding carboxylic acids is 1. The van der Waals surface area contributed by atoms with Gasteiger partial charge in [0.15, 0.2) is 0 Å². The van der Waals surface area contributed by atoms with Gasteiger partial charge in [0, 0.05) is 39.1 Å². The average Bonchev–Trinajstić information content (AvgIpc) is 2.75. The zero-order chi connectivity index (χ0) is 14.1. The molecule has 1 unspecified atom stereocenters. The molecule has 1 atom stereocenters. The number of benzene rings is 1. The lowest BCUT2D eigenvalue weighted by Crippen LogP contribution is -2.23. The first kappa shape index (κ1) is 14.4. The van der Waals surface area contributed by atoms with Gasteiger partial charge in [-0.2, -0.15) is 0 Å². The predicted octanol–water partition coefficient (Wildman–Crippen LogP) is 2.93. The molecule has 4 nitrogen and oxygen atoms in total. The highest BCUT2D eigenvalue weighted by atomic mass is 79.9. The summed E-state index contributed by atoms with van der Waals surface area (Å²) in [7, 11) is 1.80. The van der Waals surface area contributed by atoms with Gasteiger partial charge in [-0.1, -0.05) is 0 Å². The van der Waals surface area contributed by atoms with Crippen LogP contribution in [0.5, 0.6) is 0 Å². The lowest BCUT2D eigenvalue weighted by Gasteiger charge is -2.22. The molecule has 2 N–H and O–H groups in total. The quantitative estimate of drug-likeness (QED) is 0.874. The maximum atomic E-state index is 11.9. The first-order chi connectivity index (χ1) is 9.69. The Balaban J connectivity index is 1.83. The van der Waals surface area contributed by atoms with Gasteiger partial charge in [0.1, 0.15) is 6.04 Å². The Morgan fingerprint density at radius 3 is 2.85 bits per heavy atom. The minimum Gasteiger partial charge on any atom is -0.381 e. The van der Waals surface area contributed by atoms with E-state index in [1.54, 1.807) is 7.05 Å². The molecule has 0 bridgehead atoms. The van der Waals surface area contributed by atoms with E-state index in [4.69, 9.17) is 4.74 Å². The number of ether oxygens (including phenoxy) is 1. The van der Waals surface area contributed by atoms with Crippen LogP contribution in [0.3, 0.4) is 0 Å². The number of rotatable bonds is 3. The van der Waals surface area contributed by atoms with Crippen LogP contribution in [0.2, 0.25) is 0 Å². The molecule has 0 aromatic heterocycles. The molecule has 108 valence electrons. The second-order valence-electron chi connectivity index (χ2n) is 5.01. The van der Waals surface area contributed by atoms with E-state index >= 15 is 0 Å². The van der Waals surface area contributed by atoms with Crippen LogP contribution in [-0.2, 0) is 9.53 Å². The molecule has 0 radical (unpaired) electrons. The minimum atomic E-state index is -0.247. The Morgan fingerprint density at radius 2 is 2.15 bits per heavy atom. The Labute approximate surface area is 131 Å². The summed E-state index contributed by atoms with van der Waals surface area (Å²) in [6.45, 7) is 1.69. The Bertz CT molecular complexity index is 532. The molecule has 1 aromatic rings. The number of hydrogen-bond donors (Lipinski definition) is 2. The van der Waals surface area contributed by atoms with Gasteiger partial charge < -0.3 is 15.4 Å². The highest BCUT2D eigenvalue weighted by molar-refractivity contribution is 9.10. The summed E-state index contributed by atoms with van der Waals surface area (Å²) in [5.74, 6) is 0.0163. The van der Waals surface area contributed by atoms with E-state index in [2.05, 4.69) is 38.7 Å². The second kappa shape index (κ2) is 6.05. The van der Waals surface area contributed by atoms with Crippen molar-refractivity contribution in [3.05, 3.63) is 22.2 Å². The number of thioether (sulfide) groups is 1. The molecule has 2 heterocycles. The van der Waals surface area contributed by atoms with Crippen molar-refractivity contribution in [1.82, 2.24) is 5.32 Å². The fourth-order valence-corrected chi connectivity index (χ4v) is 4.40. The Morgan fingerprint density at radius 1 is 1.40 bits per heavy atom. The number of anilines is 1. The third kappa shape index (κ3) is 2.74. The highest BCUT2D eigenvalue weighted by Gasteiger charge is 2.30. The number of fused-ring (bicyclic) bond motifs is 1. The Hall–Kier alpha value is -0.560. The molecule has 0 aliphatic carbocycles. The van der Waals surface area contributed by atoms with Crippen molar-refractivity contribution in [2.75, 3.05) is 25.6 Å². The van der Waals surface area contributed by atoms with Crippen LogP contribution in [0.15, 0.2) is 21.5 Å². The molecule has 2 aliphatic heterocycles. The van der Waals surface area contributed by atoms with E-state index in [0.717, 1.165) is 41.8 Å². The largest absolute Gasteiger partial charge is 0.381 e. The van der Waals surface area contributed by atoms with E-state index in [1.165, 1.54) is 4.90 Å². The molecular formula is C14H17BrN2O2S. The first-order valence-electron chi connectivity index (χ1n) is 6.75. The molecule has 1 aromatic carbocycles. The fraction of sp³-hybridized carbons (Fsp3) is 0.500. The van der Waals surface area contributed by atoms with Crippen molar-refractivity contribution >= 4 is 39.3 Å². The Kier molecular flexibility index (Phi) is 4.35. The van der Waals surface area contributed by atoms with Crippen molar-refractivity contribution in [3.8, 4) is 0 Å². The van der Waals surface area contributed by atoms with Gasteiger partial charge in [-0.05, 0) is 48.0 Å². The summed E-state index contributed by atoms with van der Waals surface area (Å²) in [6, 6.07) is 3.88. The van der Waals surface area contributed by atoms with Crippen LogP contribution < -0.4 is 10.6 Å². The van der Waals surface area contributed by atoms with Gasteiger partial charge in [0.05, 0.1) is 0 Å². The van der Waals surface area contributed by atoms with Crippen LogP contribution in [0, 0.1) is 0 Å². The van der Waals surface area contributed by atoms with E-state index in [-0.39, 0.29) is 11.9 Å². The van der Waals surface area contributed by atoms with Gasteiger partial charge in [-0.3, -0.25) is 4.79 Å². The monoisotopic (exact) mass is 356 g/mol. The van der Waals surface area contributed by atoms with Gasteiger partial charge in [-0.25, -0.2) is 0 Å². The van der Waals surface area contributed by atoms with Crippen molar-refractivity contribution in [3.63, 3.8) is 0 Å². The van der Waals surface area contributed by atoms with Gasteiger partial charge in [0.25, 0.3) is 0 Å². The average molecular weight is 357 g/mol. The minimum absolute atomic E-state index is 0.0163. The standard InChI is InChI=1S/C14H17BrN2O2S/c1-16-13-9-6-10(15)12(7-11(9)17-14(13)18)20-8-2-4-19-5-3-8/h6-8,13,16H,2-5H2,1H3,(H,17,18). The summed E-state index contributed by atoms with van der Waals surface area (Å²) in [5.41, 5.74) is 1.94. The SMILES string of the molecule is CNC1C(=O)Nc2cc(SC3CCOCC3)c(Br)cc21. The lowest BCUT2D eigenvalue weighted by atomic mass is 10.1. The molecule has 0 spiro atoms. The van der Waals surface area contributed by atoms with Crippen molar-refractivity contribution in [1.29, 1.82) is 0 Å². The van der Waals surface area contributed by atoms with Crippen LogP contribution in [-0.4, -0.2) is 31.4 Å². The van der Waals surface area contributed by atoms with Gasteiger partial charge in [-0.15, -0.1) is 11.8 Å². The van der Waals surface area contributed by atoms with Crippen molar-refractivity contribution in [2.45, 2.75) is 29.0 Å². The van der Waals surface area contributed by atoms with Gasteiger partial charge in [0.2, 0.25) is 5.91 Å². The molecule has 6 heteroatoms. The second-order valence-corrected chi connectivity index (χ2v) is 7.21. The summed E-state index contributed by atoms with van der Waals surface area (Å²) in [5, 5.41) is 6.58. The zero-order valence-corrected chi connectivity index (χ0v) is 13.6. The van der Waals surface area contributed by atoms with Crippen LogP contribution in [0.1, 0.15) is 24.4 Å². The zero-order valence-electron chi connectivity index (χ0n) is 11.2. The molecule has 2 aliphatic rings. The number of halogens is 1. The van der Waals surface area contributed by atoms with E-state index in [0.29, 0.717) is 5.25 Å². The molecule has 1 fully saturated rings. The normalized spacial score (nSPS) is 22.7. The summed E-state index contributed by atoms with van der Waals surface area (Å²) in [6.07, 6.45) is 2.17. The van der Waals surface area contributed by atoms with Crippen LogP contribution in [0.25, 0.3) is 0 Å². The number of likely N-dealkylation sites (N-methyl/N-ethyl adjacent to an activating group) is 1. The summed E-state index contributed by atoms with van der Waals surface area (Å²) < 4.78 is 6.45. The summed E-state index contributed by atoms with van der Waals surface area (Å²) >= 11 is 5.50. The van der Waals surface area contributed by atoms with Crippen LogP contribution in [0.4, 0.5) is 5.69 Å². The number of carbonyl (C=O) groups is 1.